The number of ether oxygens (including phenoxy) is 2. The molecule has 34 heavy (non-hydrogen) atoms. The Morgan fingerprint density at radius 3 is 2.15 bits per heavy atom. The third-order valence-corrected chi connectivity index (χ3v) is 6.29. The number of aromatic amines is 1. The number of amides is 1. The van der Waals surface area contributed by atoms with Crippen LogP contribution in [0.15, 0.2) is 78.0 Å². The maximum absolute atomic E-state index is 12.4. The normalized spacial score (nSPS) is 10.7. The van der Waals surface area contributed by atoms with Gasteiger partial charge in [-0.05, 0) is 67.1 Å². The first-order valence-corrected chi connectivity index (χ1v) is 11.9. The molecule has 174 valence electrons. The summed E-state index contributed by atoms with van der Waals surface area (Å²) in [6.07, 6.45) is 0.384. The molecule has 0 aliphatic rings. The van der Waals surface area contributed by atoms with Crippen LogP contribution in [0.4, 0.5) is 5.69 Å². The van der Waals surface area contributed by atoms with Crippen LogP contribution in [0.2, 0.25) is 0 Å². The monoisotopic (exact) mass is 473 g/mol. The molecule has 0 saturated carbocycles. The van der Waals surface area contributed by atoms with Gasteiger partial charge in [-0.15, -0.1) is 0 Å². The zero-order valence-electron chi connectivity index (χ0n) is 19.4. The quantitative estimate of drug-likeness (QED) is 0.284. The second-order valence-corrected chi connectivity index (χ2v) is 8.77. The van der Waals surface area contributed by atoms with Gasteiger partial charge in [0.1, 0.15) is 11.5 Å². The Balaban J connectivity index is 1.51. The van der Waals surface area contributed by atoms with Crippen LogP contribution in [-0.4, -0.2) is 35.8 Å². The molecule has 0 atom stereocenters. The van der Waals surface area contributed by atoms with Crippen molar-refractivity contribution in [2.45, 2.75) is 18.5 Å². The third kappa shape index (κ3) is 5.61. The van der Waals surface area contributed by atoms with E-state index >= 15 is 0 Å². The zero-order chi connectivity index (χ0) is 23.9. The van der Waals surface area contributed by atoms with Crippen molar-refractivity contribution in [1.82, 2.24) is 9.97 Å². The molecule has 7 heteroatoms. The minimum Gasteiger partial charge on any atom is -0.497 e. The predicted octanol–water partition coefficient (Wildman–Crippen LogP) is 6.19. The number of benzene rings is 3. The highest BCUT2D eigenvalue weighted by molar-refractivity contribution is 7.99. The average Bonchev–Trinajstić information content (AvgIpc) is 3.29. The van der Waals surface area contributed by atoms with Gasteiger partial charge in [0.15, 0.2) is 5.16 Å². The first-order chi connectivity index (χ1) is 16.6. The van der Waals surface area contributed by atoms with E-state index in [1.807, 2.05) is 79.7 Å². The maximum Gasteiger partial charge on any atom is 0.225 e. The molecular formula is C27H27N3O3S. The number of aromatic nitrogens is 2. The molecule has 1 amide bonds. The third-order valence-electron chi connectivity index (χ3n) is 5.41. The van der Waals surface area contributed by atoms with Crippen molar-refractivity contribution in [3.05, 3.63) is 78.4 Å². The van der Waals surface area contributed by atoms with Gasteiger partial charge in [0.25, 0.3) is 0 Å². The number of H-pyrrole nitrogens is 1. The number of methoxy groups -OCH3 is 2. The molecule has 4 aromatic rings. The van der Waals surface area contributed by atoms with Gasteiger partial charge in [-0.2, -0.15) is 0 Å². The number of carbonyl (C=O) groups excluding carboxylic acids is 1. The summed E-state index contributed by atoms with van der Waals surface area (Å²) in [4.78, 5) is 20.7. The first kappa shape index (κ1) is 23.4. The molecule has 1 aromatic heterocycles. The highest BCUT2D eigenvalue weighted by atomic mass is 32.2. The molecule has 3 aromatic carbocycles. The topological polar surface area (TPSA) is 76.2 Å². The number of imidazole rings is 1. The molecule has 4 rings (SSSR count). The van der Waals surface area contributed by atoms with Crippen molar-refractivity contribution in [3.8, 4) is 34.0 Å². The Labute approximate surface area is 203 Å². The molecule has 2 N–H and O–H groups in total. The highest BCUT2D eigenvalue weighted by Crippen LogP contribution is 2.34. The van der Waals surface area contributed by atoms with E-state index < -0.39 is 0 Å². The molecule has 0 saturated heterocycles. The summed E-state index contributed by atoms with van der Waals surface area (Å²) in [6, 6.07) is 23.5. The predicted molar refractivity (Wildman–Crippen MR) is 138 cm³/mol. The average molecular weight is 474 g/mol. The summed E-state index contributed by atoms with van der Waals surface area (Å²) >= 11 is 1.53. The lowest BCUT2D eigenvalue weighted by molar-refractivity contribution is -0.115. The molecule has 6 nitrogen and oxygen atoms in total. The van der Waals surface area contributed by atoms with Crippen LogP contribution < -0.4 is 14.8 Å². The fraction of sp³-hybridized carbons (Fsp3) is 0.185. The van der Waals surface area contributed by atoms with E-state index in [0.717, 1.165) is 50.4 Å². The second-order valence-electron chi connectivity index (χ2n) is 7.68. The summed E-state index contributed by atoms with van der Waals surface area (Å²) in [5, 5.41) is 3.74. The van der Waals surface area contributed by atoms with E-state index in [9.17, 15) is 4.79 Å². The molecule has 0 fully saturated rings. The van der Waals surface area contributed by atoms with Crippen LogP contribution in [0.3, 0.4) is 0 Å². The van der Waals surface area contributed by atoms with Gasteiger partial charge in [0.05, 0.1) is 25.6 Å². The number of hydrogen-bond donors (Lipinski definition) is 2. The van der Waals surface area contributed by atoms with Gasteiger partial charge >= 0.3 is 0 Å². The SMILES string of the molecule is COc1ccc(-c2nc(SCCC(=O)Nc3ccccc3C)[nH]c2-c2ccc(OC)cc2)cc1. The van der Waals surface area contributed by atoms with Crippen molar-refractivity contribution < 1.29 is 14.3 Å². The van der Waals surface area contributed by atoms with E-state index in [4.69, 9.17) is 14.5 Å². The molecule has 0 unspecified atom stereocenters. The van der Waals surface area contributed by atoms with E-state index in [2.05, 4.69) is 10.3 Å². The van der Waals surface area contributed by atoms with E-state index in [1.165, 1.54) is 11.8 Å². The maximum atomic E-state index is 12.4. The number of aryl methyl sites for hydroxylation is 1. The first-order valence-electron chi connectivity index (χ1n) is 10.9. The van der Waals surface area contributed by atoms with Crippen molar-refractivity contribution in [2.75, 3.05) is 25.3 Å². The fourth-order valence-electron chi connectivity index (χ4n) is 3.51. The molecule has 0 aliphatic carbocycles. The summed E-state index contributed by atoms with van der Waals surface area (Å²) in [5.41, 5.74) is 5.64. The molecule has 1 heterocycles. The van der Waals surface area contributed by atoms with Crippen molar-refractivity contribution >= 4 is 23.4 Å². The van der Waals surface area contributed by atoms with Crippen molar-refractivity contribution in [2.24, 2.45) is 0 Å². The number of thioether (sulfide) groups is 1. The number of para-hydroxylation sites is 1. The van der Waals surface area contributed by atoms with Gasteiger partial charge < -0.3 is 19.8 Å². The molecule has 0 spiro atoms. The van der Waals surface area contributed by atoms with Crippen LogP contribution in [-0.2, 0) is 4.79 Å². The summed E-state index contributed by atoms with van der Waals surface area (Å²) in [7, 11) is 3.30. The fourth-order valence-corrected chi connectivity index (χ4v) is 4.32. The smallest absolute Gasteiger partial charge is 0.225 e. The number of nitrogens with zero attached hydrogens (tertiary/aromatic N) is 1. The van der Waals surface area contributed by atoms with Crippen LogP contribution in [0.25, 0.3) is 22.5 Å². The summed E-state index contributed by atoms with van der Waals surface area (Å²) < 4.78 is 10.6. The van der Waals surface area contributed by atoms with Crippen LogP contribution in [0.5, 0.6) is 11.5 Å². The Kier molecular flexibility index (Phi) is 7.54. The Morgan fingerprint density at radius 1 is 0.912 bits per heavy atom. The standard InChI is InChI=1S/C27H27N3O3S/c1-18-6-4-5-7-23(18)28-24(31)16-17-34-27-29-25(19-8-12-21(32-2)13-9-19)26(30-27)20-10-14-22(33-3)15-11-20/h4-15H,16-17H2,1-3H3,(H,28,31)(H,29,30). The molecule has 0 bridgehead atoms. The number of anilines is 1. The van der Waals surface area contributed by atoms with Gasteiger partial charge in [0.2, 0.25) is 5.91 Å². The lowest BCUT2D eigenvalue weighted by Gasteiger charge is -2.07. The molecule has 0 radical (unpaired) electrons. The van der Waals surface area contributed by atoms with Crippen LogP contribution in [0, 0.1) is 6.92 Å². The Hall–Kier alpha value is -3.71. The van der Waals surface area contributed by atoms with E-state index in [1.54, 1.807) is 14.2 Å². The van der Waals surface area contributed by atoms with Crippen molar-refractivity contribution in [3.63, 3.8) is 0 Å². The Bertz CT molecular complexity index is 1190. The zero-order valence-corrected chi connectivity index (χ0v) is 20.2. The van der Waals surface area contributed by atoms with Gasteiger partial charge in [-0.3, -0.25) is 4.79 Å². The minimum atomic E-state index is -0.0147. The largest absolute Gasteiger partial charge is 0.497 e. The van der Waals surface area contributed by atoms with Crippen LogP contribution in [0.1, 0.15) is 12.0 Å². The number of hydrogen-bond acceptors (Lipinski definition) is 5. The second kappa shape index (κ2) is 10.9. The molecule has 0 aliphatic heterocycles. The lowest BCUT2D eigenvalue weighted by atomic mass is 10.0. The minimum absolute atomic E-state index is 0.0147. The van der Waals surface area contributed by atoms with Gasteiger partial charge in [-0.25, -0.2) is 4.98 Å². The van der Waals surface area contributed by atoms with Gasteiger partial charge in [-0.1, -0.05) is 30.0 Å². The summed E-state index contributed by atoms with van der Waals surface area (Å²) in [6.45, 7) is 1.98. The number of nitrogens with one attached hydrogen (secondary N) is 2. The van der Waals surface area contributed by atoms with Gasteiger partial charge in [0, 0.05) is 29.0 Å². The van der Waals surface area contributed by atoms with Crippen LogP contribution >= 0.6 is 11.8 Å². The highest BCUT2D eigenvalue weighted by Gasteiger charge is 2.15. The lowest BCUT2D eigenvalue weighted by Crippen LogP contribution is -2.12. The van der Waals surface area contributed by atoms with E-state index in [-0.39, 0.29) is 5.91 Å². The number of rotatable bonds is 9. The van der Waals surface area contributed by atoms with E-state index in [0.29, 0.717) is 12.2 Å². The number of carbonyl (C=O) groups is 1. The van der Waals surface area contributed by atoms with Crippen molar-refractivity contribution in [1.29, 1.82) is 0 Å². The summed E-state index contributed by atoms with van der Waals surface area (Å²) in [5.74, 6) is 2.18. The molecular weight excluding hydrogens is 446 g/mol. The Morgan fingerprint density at radius 2 is 1.53 bits per heavy atom.